The third kappa shape index (κ3) is 10.1. The van der Waals surface area contributed by atoms with Crippen LogP contribution >= 0.6 is 21.6 Å². The minimum Gasteiger partial charge on any atom is -0.333 e. The number of benzene rings is 4. The fourth-order valence-electron chi connectivity index (χ4n) is 4.49. The van der Waals surface area contributed by atoms with Crippen molar-refractivity contribution in [3.63, 3.8) is 0 Å². The molecule has 0 spiro atoms. The first-order chi connectivity index (χ1) is 20.5. The molecular weight excluding hydrogens is 561 g/mol. The molecule has 0 aromatic heterocycles. The highest BCUT2D eigenvalue weighted by Crippen LogP contribution is 2.24. The Morgan fingerprint density at radius 3 is 0.952 bits per heavy atom. The molecule has 0 saturated carbocycles. The van der Waals surface area contributed by atoms with Crippen LogP contribution < -0.4 is 11.5 Å². The van der Waals surface area contributed by atoms with E-state index in [2.05, 4.69) is 0 Å². The van der Waals surface area contributed by atoms with E-state index >= 15 is 0 Å². The minimum absolute atomic E-state index is 0.104. The Hall–Kier alpha value is -3.56. The molecule has 0 aliphatic rings. The molecule has 4 aromatic carbocycles. The van der Waals surface area contributed by atoms with E-state index in [9.17, 15) is 9.59 Å². The van der Waals surface area contributed by atoms with Crippen LogP contribution in [0.3, 0.4) is 0 Å². The zero-order valence-electron chi connectivity index (χ0n) is 23.6. The van der Waals surface area contributed by atoms with E-state index in [1.807, 2.05) is 121 Å². The highest BCUT2D eigenvalue weighted by atomic mass is 33.1. The summed E-state index contributed by atoms with van der Waals surface area (Å²) in [4.78, 5) is 30.4. The molecule has 6 nitrogen and oxygen atoms in total. The zero-order valence-corrected chi connectivity index (χ0v) is 25.3. The van der Waals surface area contributed by atoms with Crippen LogP contribution in [0, 0.1) is 0 Å². The molecule has 2 atom stereocenters. The molecule has 42 heavy (non-hydrogen) atoms. The summed E-state index contributed by atoms with van der Waals surface area (Å²) in [6.45, 7) is 1.94. The third-order valence-corrected chi connectivity index (χ3v) is 9.17. The van der Waals surface area contributed by atoms with Crippen molar-refractivity contribution in [2.24, 2.45) is 11.5 Å². The van der Waals surface area contributed by atoms with Crippen LogP contribution in [0.4, 0.5) is 0 Å². The lowest BCUT2D eigenvalue weighted by atomic mass is 10.1. The molecule has 0 aliphatic heterocycles. The van der Waals surface area contributed by atoms with Gasteiger partial charge < -0.3 is 21.3 Å². The van der Waals surface area contributed by atoms with Gasteiger partial charge in [0.05, 0.1) is 12.1 Å². The monoisotopic (exact) mass is 598 g/mol. The van der Waals surface area contributed by atoms with Gasteiger partial charge in [-0.1, -0.05) is 143 Å². The quantitative estimate of drug-likeness (QED) is 0.139. The van der Waals surface area contributed by atoms with Crippen LogP contribution in [0.5, 0.6) is 0 Å². The van der Waals surface area contributed by atoms with Crippen molar-refractivity contribution in [2.45, 2.75) is 38.3 Å². The van der Waals surface area contributed by atoms with Gasteiger partial charge in [-0.05, 0) is 22.3 Å². The van der Waals surface area contributed by atoms with Crippen molar-refractivity contribution in [3.8, 4) is 0 Å². The number of hydrogen-bond acceptors (Lipinski definition) is 6. The molecule has 0 bridgehead atoms. The van der Waals surface area contributed by atoms with E-state index < -0.39 is 12.1 Å². The Bertz CT molecular complexity index is 1170. The normalized spacial score (nSPS) is 12.3. The van der Waals surface area contributed by atoms with Crippen molar-refractivity contribution >= 4 is 33.4 Å². The van der Waals surface area contributed by atoms with Crippen molar-refractivity contribution in [1.29, 1.82) is 0 Å². The highest BCUT2D eigenvalue weighted by Gasteiger charge is 2.24. The minimum atomic E-state index is -0.672. The topological polar surface area (TPSA) is 92.7 Å². The molecule has 0 fully saturated rings. The Morgan fingerprint density at radius 2 is 0.714 bits per heavy atom. The first-order valence-corrected chi connectivity index (χ1v) is 16.5. The molecule has 0 radical (unpaired) electrons. The molecule has 0 aliphatic carbocycles. The molecule has 0 heterocycles. The van der Waals surface area contributed by atoms with Gasteiger partial charge in [0.15, 0.2) is 0 Å². The van der Waals surface area contributed by atoms with Crippen LogP contribution in [0.1, 0.15) is 22.3 Å². The Labute approximate surface area is 256 Å². The molecule has 1 unspecified atom stereocenters. The number of nitrogens with zero attached hydrogens (tertiary/aromatic N) is 2. The average molecular weight is 599 g/mol. The smallest absolute Gasteiger partial charge is 0.240 e. The lowest BCUT2D eigenvalue weighted by molar-refractivity contribution is -0.134. The molecule has 4 rings (SSSR count). The zero-order chi connectivity index (χ0) is 29.6. The van der Waals surface area contributed by atoms with E-state index in [0.717, 1.165) is 22.3 Å². The van der Waals surface area contributed by atoms with E-state index in [-0.39, 0.29) is 11.8 Å². The van der Waals surface area contributed by atoms with Gasteiger partial charge in [-0.3, -0.25) is 9.59 Å². The van der Waals surface area contributed by atoms with Crippen molar-refractivity contribution in [3.05, 3.63) is 144 Å². The summed E-state index contributed by atoms with van der Waals surface area (Å²) in [5, 5.41) is 0. The Balaban J connectivity index is 1.30. The largest absolute Gasteiger partial charge is 0.333 e. The van der Waals surface area contributed by atoms with Gasteiger partial charge in [0.25, 0.3) is 0 Å². The second-order valence-corrected chi connectivity index (χ2v) is 12.7. The van der Waals surface area contributed by atoms with Crippen molar-refractivity contribution in [1.82, 2.24) is 9.80 Å². The first-order valence-electron chi connectivity index (χ1n) is 14.0. The SMILES string of the molecule is NC(CSSC[C@H](N)C(=O)N(Cc1ccccc1)Cc1ccccc1)C(=O)N(Cc1ccccc1)Cc1ccccc1. The maximum Gasteiger partial charge on any atom is 0.240 e. The van der Waals surface area contributed by atoms with Gasteiger partial charge in [0.1, 0.15) is 0 Å². The summed E-state index contributed by atoms with van der Waals surface area (Å²) >= 11 is 0. The maximum atomic E-state index is 13.4. The fourth-order valence-corrected chi connectivity index (χ4v) is 6.72. The number of nitrogens with two attached hydrogens (primary N) is 2. The lowest BCUT2D eigenvalue weighted by Crippen LogP contribution is -2.45. The second-order valence-electron chi connectivity index (χ2n) is 10.1. The van der Waals surface area contributed by atoms with Crippen molar-refractivity contribution < 1.29 is 9.59 Å². The maximum absolute atomic E-state index is 13.4. The summed E-state index contributed by atoms with van der Waals surface area (Å²) in [5.41, 5.74) is 17.0. The predicted octanol–water partition coefficient (Wildman–Crippen LogP) is 5.48. The van der Waals surface area contributed by atoms with Gasteiger partial charge in [0.2, 0.25) is 11.8 Å². The number of amides is 2. The summed E-state index contributed by atoms with van der Waals surface area (Å²) in [6.07, 6.45) is 0. The molecular formula is C34H38N4O2S2. The predicted molar refractivity (Wildman–Crippen MR) is 175 cm³/mol. The van der Waals surface area contributed by atoms with Crippen molar-refractivity contribution in [2.75, 3.05) is 11.5 Å². The number of carbonyl (C=O) groups excluding carboxylic acids is 2. The molecule has 8 heteroatoms. The molecule has 4 aromatic rings. The van der Waals surface area contributed by atoms with Crippen LogP contribution in [-0.4, -0.2) is 45.2 Å². The number of carbonyl (C=O) groups is 2. The molecule has 4 N–H and O–H groups in total. The highest BCUT2D eigenvalue weighted by molar-refractivity contribution is 8.76. The van der Waals surface area contributed by atoms with Gasteiger partial charge >= 0.3 is 0 Å². The third-order valence-electron chi connectivity index (χ3n) is 6.70. The van der Waals surface area contributed by atoms with Crippen LogP contribution in [0.25, 0.3) is 0 Å². The number of rotatable bonds is 15. The molecule has 0 saturated heterocycles. The first kappa shape index (κ1) is 31.4. The van der Waals surface area contributed by atoms with E-state index in [1.54, 1.807) is 9.80 Å². The van der Waals surface area contributed by atoms with E-state index in [4.69, 9.17) is 11.5 Å². The van der Waals surface area contributed by atoms with Gasteiger partial charge in [-0.15, -0.1) is 0 Å². The molecule has 2 amide bonds. The van der Waals surface area contributed by atoms with Gasteiger partial charge in [-0.25, -0.2) is 0 Å². The second kappa shape index (κ2) is 16.8. The average Bonchev–Trinajstić information content (AvgIpc) is 3.03. The van der Waals surface area contributed by atoms with Gasteiger partial charge in [-0.2, -0.15) is 0 Å². The molecule has 218 valence electrons. The van der Waals surface area contributed by atoms with E-state index in [1.165, 1.54) is 21.6 Å². The Kier molecular flexibility index (Phi) is 12.5. The summed E-state index contributed by atoms with van der Waals surface area (Å²) in [5.74, 6) is 0.631. The van der Waals surface area contributed by atoms with E-state index in [0.29, 0.717) is 37.7 Å². The van der Waals surface area contributed by atoms with Crippen LogP contribution in [0.15, 0.2) is 121 Å². The summed E-state index contributed by atoms with van der Waals surface area (Å²) < 4.78 is 0. The number of hydrogen-bond donors (Lipinski definition) is 2. The lowest BCUT2D eigenvalue weighted by Gasteiger charge is -2.27. The van der Waals surface area contributed by atoms with Crippen LogP contribution in [0.2, 0.25) is 0 Å². The van der Waals surface area contributed by atoms with Crippen LogP contribution in [-0.2, 0) is 35.8 Å². The Morgan fingerprint density at radius 1 is 0.476 bits per heavy atom. The fraction of sp³-hybridized carbons (Fsp3) is 0.235. The standard InChI is InChI=1S/C34H38N4O2S2/c35-31(33(39)37(21-27-13-5-1-6-14-27)22-28-15-7-2-8-16-28)25-41-42-26-32(36)34(40)38(23-29-17-9-3-10-18-29)24-30-19-11-4-12-20-30/h1-20,31-32H,21-26,35-36H2/t31-,32?/m0/s1. The van der Waals surface area contributed by atoms with Gasteiger partial charge in [0, 0.05) is 37.7 Å². The summed E-state index contributed by atoms with van der Waals surface area (Å²) in [6, 6.07) is 38.4. The summed E-state index contributed by atoms with van der Waals surface area (Å²) in [7, 11) is 2.96.